The van der Waals surface area contributed by atoms with Gasteiger partial charge in [0.05, 0.1) is 0 Å². The number of rotatable bonds is 5. The zero-order chi connectivity index (χ0) is 14.4. The first-order chi connectivity index (χ1) is 9.66. The average molecular weight is 280 g/mol. The SMILES string of the molecule is CC(N)C1CCCN(C(=O)CCCC2CCCCC2)C1. The van der Waals surface area contributed by atoms with E-state index in [9.17, 15) is 4.79 Å². The van der Waals surface area contributed by atoms with Crippen molar-refractivity contribution in [2.24, 2.45) is 17.6 Å². The smallest absolute Gasteiger partial charge is 0.222 e. The molecular weight excluding hydrogens is 248 g/mol. The number of nitrogens with zero attached hydrogens (tertiary/aromatic N) is 1. The van der Waals surface area contributed by atoms with E-state index in [-0.39, 0.29) is 6.04 Å². The molecule has 0 radical (unpaired) electrons. The minimum Gasteiger partial charge on any atom is -0.342 e. The summed E-state index contributed by atoms with van der Waals surface area (Å²) in [5, 5.41) is 0. The van der Waals surface area contributed by atoms with Crippen LogP contribution >= 0.6 is 0 Å². The minimum absolute atomic E-state index is 0.216. The minimum atomic E-state index is 0.216. The van der Waals surface area contributed by atoms with Crippen LogP contribution in [0.4, 0.5) is 0 Å². The molecule has 2 unspecified atom stereocenters. The third-order valence-electron chi connectivity index (χ3n) is 5.28. The zero-order valence-electron chi connectivity index (χ0n) is 13.2. The van der Waals surface area contributed by atoms with Crippen LogP contribution in [0.15, 0.2) is 0 Å². The predicted octanol–water partition coefficient (Wildman–Crippen LogP) is 3.32. The van der Waals surface area contributed by atoms with Crippen LogP contribution in [0.1, 0.15) is 71.1 Å². The van der Waals surface area contributed by atoms with Crippen molar-refractivity contribution >= 4 is 5.91 Å². The monoisotopic (exact) mass is 280 g/mol. The maximum Gasteiger partial charge on any atom is 0.222 e. The first-order valence-corrected chi connectivity index (χ1v) is 8.70. The van der Waals surface area contributed by atoms with E-state index in [0.717, 1.165) is 38.3 Å². The number of carbonyl (C=O) groups excluding carboxylic acids is 1. The molecule has 1 aliphatic carbocycles. The quantitative estimate of drug-likeness (QED) is 0.839. The van der Waals surface area contributed by atoms with E-state index in [2.05, 4.69) is 11.8 Å². The molecule has 0 aromatic heterocycles. The topological polar surface area (TPSA) is 46.3 Å². The molecule has 1 aliphatic heterocycles. The van der Waals surface area contributed by atoms with Gasteiger partial charge in [0.25, 0.3) is 0 Å². The maximum atomic E-state index is 12.3. The van der Waals surface area contributed by atoms with Gasteiger partial charge in [0.2, 0.25) is 5.91 Å². The van der Waals surface area contributed by atoms with E-state index >= 15 is 0 Å². The fraction of sp³-hybridized carbons (Fsp3) is 0.941. The summed E-state index contributed by atoms with van der Waals surface area (Å²) in [6.45, 7) is 3.91. The summed E-state index contributed by atoms with van der Waals surface area (Å²) in [5.74, 6) is 1.77. The van der Waals surface area contributed by atoms with Gasteiger partial charge in [-0.15, -0.1) is 0 Å². The fourth-order valence-electron chi connectivity index (χ4n) is 3.84. The van der Waals surface area contributed by atoms with E-state index < -0.39 is 0 Å². The van der Waals surface area contributed by atoms with Crippen LogP contribution in [0.5, 0.6) is 0 Å². The lowest BCUT2D eigenvalue weighted by molar-refractivity contribution is -0.133. The number of carbonyl (C=O) groups is 1. The number of amides is 1. The molecule has 0 bridgehead atoms. The molecule has 0 spiro atoms. The van der Waals surface area contributed by atoms with Crippen LogP contribution in [0.2, 0.25) is 0 Å². The molecule has 20 heavy (non-hydrogen) atoms. The van der Waals surface area contributed by atoms with Crippen molar-refractivity contribution in [1.82, 2.24) is 4.90 Å². The Morgan fingerprint density at radius 3 is 2.65 bits per heavy atom. The Balaban J connectivity index is 1.66. The first-order valence-electron chi connectivity index (χ1n) is 8.70. The molecule has 3 heteroatoms. The molecule has 1 saturated carbocycles. The summed E-state index contributed by atoms with van der Waals surface area (Å²) in [5.41, 5.74) is 5.99. The summed E-state index contributed by atoms with van der Waals surface area (Å²) in [4.78, 5) is 14.4. The maximum absolute atomic E-state index is 12.3. The number of hydrogen-bond donors (Lipinski definition) is 1. The van der Waals surface area contributed by atoms with Crippen molar-refractivity contribution in [3.63, 3.8) is 0 Å². The Hall–Kier alpha value is -0.570. The summed E-state index contributed by atoms with van der Waals surface area (Å²) >= 11 is 0. The normalized spacial score (nSPS) is 26.5. The van der Waals surface area contributed by atoms with Gasteiger partial charge in [-0.1, -0.05) is 32.1 Å². The number of hydrogen-bond acceptors (Lipinski definition) is 2. The van der Waals surface area contributed by atoms with Gasteiger partial charge in [-0.25, -0.2) is 0 Å². The zero-order valence-corrected chi connectivity index (χ0v) is 13.2. The van der Waals surface area contributed by atoms with Crippen LogP contribution in [0, 0.1) is 11.8 Å². The number of likely N-dealkylation sites (tertiary alicyclic amines) is 1. The van der Waals surface area contributed by atoms with Crippen LogP contribution < -0.4 is 5.73 Å². The number of nitrogens with two attached hydrogens (primary N) is 1. The summed E-state index contributed by atoms with van der Waals surface area (Å²) in [6, 6.07) is 0.216. The van der Waals surface area contributed by atoms with Crippen LogP contribution in [0.25, 0.3) is 0 Å². The van der Waals surface area contributed by atoms with Crippen LogP contribution in [-0.4, -0.2) is 29.9 Å². The molecule has 1 saturated heterocycles. The highest BCUT2D eigenvalue weighted by molar-refractivity contribution is 5.76. The molecule has 2 atom stereocenters. The fourth-order valence-corrected chi connectivity index (χ4v) is 3.84. The summed E-state index contributed by atoms with van der Waals surface area (Å²) < 4.78 is 0. The van der Waals surface area contributed by atoms with E-state index in [4.69, 9.17) is 5.73 Å². The molecule has 2 aliphatic rings. The molecule has 1 heterocycles. The van der Waals surface area contributed by atoms with Gasteiger partial charge >= 0.3 is 0 Å². The van der Waals surface area contributed by atoms with Gasteiger partial charge in [0.1, 0.15) is 0 Å². The lowest BCUT2D eigenvalue weighted by atomic mass is 9.85. The van der Waals surface area contributed by atoms with Crippen molar-refractivity contribution in [3.8, 4) is 0 Å². The first kappa shape index (κ1) is 15.8. The van der Waals surface area contributed by atoms with Crippen molar-refractivity contribution in [3.05, 3.63) is 0 Å². The van der Waals surface area contributed by atoms with Gasteiger partial charge in [-0.3, -0.25) is 4.79 Å². The Bertz CT molecular complexity index is 297. The molecule has 3 nitrogen and oxygen atoms in total. The molecule has 0 aromatic rings. The summed E-state index contributed by atoms with van der Waals surface area (Å²) in [7, 11) is 0. The molecule has 1 amide bonds. The molecular formula is C17H32N2O. The van der Waals surface area contributed by atoms with E-state index in [1.807, 2.05) is 0 Å². The molecule has 2 N–H and O–H groups in total. The van der Waals surface area contributed by atoms with Gasteiger partial charge in [0.15, 0.2) is 0 Å². The van der Waals surface area contributed by atoms with E-state index in [0.29, 0.717) is 11.8 Å². The highest BCUT2D eigenvalue weighted by Gasteiger charge is 2.25. The second-order valence-electron chi connectivity index (χ2n) is 7.00. The van der Waals surface area contributed by atoms with Crippen LogP contribution in [0.3, 0.4) is 0 Å². The Labute approximate surface area is 124 Å². The molecule has 0 aromatic carbocycles. The Morgan fingerprint density at radius 1 is 1.20 bits per heavy atom. The highest BCUT2D eigenvalue weighted by Crippen LogP contribution is 2.28. The van der Waals surface area contributed by atoms with Crippen molar-refractivity contribution < 1.29 is 4.79 Å². The lowest BCUT2D eigenvalue weighted by Gasteiger charge is -2.34. The van der Waals surface area contributed by atoms with Crippen molar-refractivity contribution in [2.45, 2.75) is 77.2 Å². The third-order valence-corrected chi connectivity index (χ3v) is 5.28. The molecule has 2 rings (SSSR count). The molecule has 2 fully saturated rings. The van der Waals surface area contributed by atoms with Gasteiger partial charge in [0, 0.05) is 25.6 Å². The standard InChI is InChI=1S/C17H32N2O/c1-14(18)16-10-6-12-19(13-16)17(20)11-5-9-15-7-3-2-4-8-15/h14-16H,2-13,18H2,1H3. The second-order valence-corrected chi connectivity index (χ2v) is 7.00. The highest BCUT2D eigenvalue weighted by atomic mass is 16.2. The number of piperidine rings is 1. The van der Waals surface area contributed by atoms with Gasteiger partial charge in [-0.2, -0.15) is 0 Å². The third kappa shape index (κ3) is 4.76. The predicted molar refractivity (Wildman–Crippen MR) is 83.4 cm³/mol. The van der Waals surface area contributed by atoms with Crippen LogP contribution in [-0.2, 0) is 4.79 Å². The second kappa shape index (κ2) is 8.02. The van der Waals surface area contributed by atoms with Gasteiger partial charge in [-0.05, 0) is 44.4 Å². The largest absolute Gasteiger partial charge is 0.342 e. The summed E-state index contributed by atoms with van der Waals surface area (Å²) in [6.07, 6.45) is 12.4. The Kier molecular flexibility index (Phi) is 6.34. The van der Waals surface area contributed by atoms with E-state index in [1.54, 1.807) is 0 Å². The van der Waals surface area contributed by atoms with Crippen molar-refractivity contribution in [2.75, 3.05) is 13.1 Å². The van der Waals surface area contributed by atoms with Crippen molar-refractivity contribution in [1.29, 1.82) is 0 Å². The lowest BCUT2D eigenvalue weighted by Crippen LogP contribution is -2.45. The average Bonchev–Trinajstić information content (AvgIpc) is 2.48. The molecule has 116 valence electrons. The van der Waals surface area contributed by atoms with E-state index in [1.165, 1.54) is 44.9 Å². The van der Waals surface area contributed by atoms with Gasteiger partial charge < -0.3 is 10.6 Å². The Morgan fingerprint density at radius 2 is 1.95 bits per heavy atom.